The fraction of sp³-hybridized carbons (Fsp3) is 0.333. The Bertz CT molecular complexity index is 271. The molecule has 3 heteroatoms. The Morgan fingerprint density at radius 1 is 1.75 bits per heavy atom. The molecule has 0 spiro atoms. The summed E-state index contributed by atoms with van der Waals surface area (Å²) in [4.78, 5) is 0. The molecule has 0 bridgehead atoms. The molecule has 63 valence electrons. The van der Waals surface area contributed by atoms with Crippen molar-refractivity contribution in [3.05, 3.63) is 28.7 Å². The van der Waals surface area contributed by atoms with Crippen LogP contribution in [0.2, 0.25) is 0 Å². The minimum atomic E-state index is 0.303. The Balaban J connectivity index is 1.92. The van der Waals surface area contributed by atoms with Gasteiger partial charge in [0.1, 0.15) is 18.5 Å². The first-order valence-electron chi connectivity index (χ1n) is 3.76. The summed E-state index contributed by atoms with van der Waals surface area (Å²) in [5, 5.41) is 0. The van der Waals surface area contributed by atoms with Gasteiger partial charge in [-0.05, 0) is 18.2 Å². The van der Waals surface area contributed by atoms with Crippen LogP contribution in [0.4, 0.5) is 0 Å². The lowest BCUT2D eigenvalue weighted by Gasteiger charge is -2.02. The van der Waals surface area contributed by atoms with Crippen LogP contribution in [0.3, 0.4) is 0 Å². The number of rotatable bonds is 3. The summed E-state index contributed by atoms with van der Waals surface area (Å²) >= 11 is 3.35. The molecular formula is C9H8BrO2. The molecular weight excluding hydrogens is 220 g/mol. The van der Waals surface area contributed by atoms with Crippen LogP contribution < -0.4 is 4.74 Å². The lowest BCUT2D eigenvalue weighted by atomic mass is 10.3. The summed E-state index contributed by atoms with van der Waals surface area (Å²) < 4.78 is 11.4. The monoisotopic (exact) mass is 227 g/mol. The van der Waals surface area contributed by atoms with Crippen LogP contribution in [0.25, 0.3) is 0 Å². The number of ether oxygens (including phenoxy) is 2. The van der Waals surface area contributed by atoms with E-state index in [1.807, 2.05) is 18.2 Å². The molecule has 2 nitrogen and oxygen atoms in total. The van der Waals surface area contributed by atoms with E-state index in [1.54, 1.807) is 0 Å². The van der Waals surface area contributed by atoms with Crippen molar-refractivity contribution in [2.75, 3.05) is 13.2 Å². The van der Waals surface area contributed by atoms with E-state index in [0.29, 0.717) is 12.7 Å². The molecule has 2 rings (SSSR count). The molecule has 1 fully saturated rings. The Hall–Kier alpha value is -0.540. The van der Waals surface area contributed by atoms with E-state index in [4.69, 9.17) is 9.47 Å². The normalized spacial score (nSPS) is 20.6. The minimum Gasteiger partial charge on any atom is -0.490 e. The Kier molecular flexibility index (Phi) is 2.33. The SMILES string of the molecule is Brc1cc[c]c(OC[C@@H]2CO2)c1. The number of hydrogen-bond acceptors (Lipinski definition) is 2. The van der Waals surface area contributed by atoms with Gasteiger partial charge in [0.15, 0.2) is 0 Å². The van der Waals surface area contributed by atoms with Crippen LogP contribution in [0.15, 0.2) is 22.7 Å². The van der Waals surface area contributed by atoms with Crippen molar-refractivity contribution in [1.29, 1.82) is 0 Å². The van der Waals surface area contributed by atoms with E-state index in [1.165, 1.54) is 0 Å². The van der Waals surface area contributed by atoms with Crippen LogP contribution in [-0.2, 0) is 4.74 Å². The van der Waals surface area contributed by atoms with Crippen molar-refractivity contribution in [1.82, 2.24) is 0 Å². The third-order valence-corrected chi connectivity index (χ3v) is 2.06. The first-order chi connectivity index (χ1) is 5.84. The maximum atomic E-state index is 5.40. The van der Waals surface area contributed by atoms with Gasteiger partial charge in [0.05, 0.1) is 6.61 Å². The standard InChI is InChI=1S/C9H8BrO2/c10-7-2-1-3-8(4-7)11-5-9-6-12-9/h1-2,4,9H,5-6H2/t9-/m1/s1. The van der Waals surface area contributed by atoms with Gasteiger partial charge in [-0.1, -0.05) is 15.9 Å². The molecule has 0 unspecified atom stereocenters. The maximum absolute atomic E-state index is 5.40. The molecule has 1 saturated heterocycles. The number of halogens is 1. The summed E-state index contributed by atoms with van der Waals surface area (Å²) in [6, 6.07) is 8.62. The van der Waals surface area contributed by atoms with Gasteiger partial charge in [0.2, 0.25) is 0 Å². The van der Waals surface area contributed by atoms with Gasteiger partial charge in [-0.2, -0.15) is 0 Å². The predicted molar refractivity (Wildman–Crippen MR) is 48.2 cm³/mol. The summed E-state index contributed by atoms with van der Waals surface area (Å²) in [6.45, 7) is 1.46. The predicted octanol–water partition coefficient (Wildman–Crippen LogP) is 2.03. The van der Waals surface area contributed by atoms with Crippen molar-refractivity contribution in [2.24, 2.45) is 0 Å². The molecule has 1 aromatic carbocycles. The van der Waals surface area contributed by atoms with E-state index >= 15 is 0 Å². The van der Waals surface area contributed by atoms with Crippen molar-refractivity contribution in [3.8, 4) is 5.75 Å². The molecule has 0 aliphatic carbocycles. The topological polar surface area (TPSA) is 21.8 Å². The summed E-state index contributed by atoms with van der Waals surface area (Å²) in [7, 11) is 0. The van der Waals surface area contributed by atoms with Crippen molar-refractivity contribution >= 4 is 15.9 Å². The lowest BCUT2D eigenvalue weighted by molar-refractivity contribution is 0.262. The zero-order valence-electron chi connectivity index (χ0n) is 6.42. The molecule has 12 heavy (non-hydrogen) atoms. The molecule has 1 aliphatic rings. The van der Waals surface area contributed by atoms with Crippen LogP contribution in [-0.4, -0.2) is 19.3 Å². The zero-order chi connectivity index (χ0) is 8.39. The highest BCUT2D eigenvalue weighted by atomic mass is 79.9. The highest BCUT2D eigenvalue weighted by Gasteiger charge is 2.22. The smallest absolute Gasteiger partial charge is 0.128 e. The molecule has 1 aliphatic heterocycles. The van der Waals surface area contributed by atoms with Crippen LogP contribution in [0, 0.1) is 6.07 Å². The van der Waals surface area contributed by atoms with E-state index in [2.05, 4.69) is 22.0 Å². The van der Waals surface area contributed by atoms with E-state index in [0.717, 1.165) is 16.8 Å². The van der Waals surface area contributed by atoms with Gasteiger partial charge >= 0.3 is 0 Å². The van der Waals surface area contributed by atoms with Crippen molar-refractivity contribution < 1.29 is 9.47 Å². The molecule has 1 atom stereocenters. The zero-order valence-corrected chi connectivity index (χ0v) is 8.00. The fourth-order valence-electron chi connectivity index (χ4n) is 0.849. The van der Waals surface area contributed by atoms with Gasteiger partial charge in [0.25, 0.3) is 0 Å². The highest BCUT2D eigenvalue weighted by Crippen LogP contribution is 2.18. The van der Waals surface area contributed by atoms with Gasteiger partial charge in [0, 0.05) is 10.5 Å². The average molecular weight is 228 g/mol. The van der Waals surface area contributed by atoms with Crippen LogP contribution >= 0.6 is 15.9 Å². The van der Waals surface area contributed by atoms with Crippen LogP contribution in [0.1, 0.15) is 0 Å². The fourth-order valence-corrected chi connectivity index (χ4v) is 1.19. The van der Waals surface area contributed by atoms with Gasteiger partial charge in [-0.25, -0.2) is 0 Å². The Morgan fingerprint density at radius 2 is 2.58 bits per heavy atom. The Labute approximate surface area is 79.6 Å². The molecule has 1 heterocycles. The van der Waals surface area contributed by atoms with E-state index in [-0.39, 0.29) is 0 Å². The van der Waals surface area contributed by atoms with E-state index in [9.17, 15) is 0 Å². The third kappa shape index (κ3) is 2.22. The summed E-state index contributed by atoms with van der Waals surface area (Å²) in [6.07, 6.45) is 0.303. The summed E-state index contributed by atoms with van der Waals surface area (Å²) in [5.74, 6) is 0.764. The largest absolute Gasteiger partial charge is 0.490 e. The molecule has 0 N–H and O–H groups in total. The highest BCUT2D eigenvalue weighted by molar-refractivity contribution is 9.10. The molecule has 1 aromatic rings. The van der Waals surface area contributed by atoms with E-state index < -0.39 is 0 Å². The van der Waals surface area contributed by atoms with Gasteiger partial charge in [-0.15, -0.1) is 0 Å². The second-order valence-corrected chi connectivity index (χ2v) is 3.55. The second kappa shape index (κ2) is 3.46. The van der Waals surface area contributed by atoms with Crippen LogP contribution in [0.5, 0.6) is 5.75 Å². The molecule has 0 saturated carbocycles. The second-order valence-electron chi connectivity index (χ2n) is 2.64. The quantitative estimate of drug-likeness (QED) is 0.738. The minimum absolute atomic E-state index is 0.303. The third-order valence-electron chi connectivity index (χ3n) is 1.56. The maximum Gasteiger partial charge on any atom is 0.128 e. The number of hydrogen-bond donors (Lipinski definition) is 0. The molecule has 0 aromatic heterocycles. The summed E-state index contributed by atoms with van der Waals surface area (Å²) in [5.41, 5.74) is 0. The van der Waals surface area contributed by atoms with Crippen molar-refractivity contribution in [3.63, 3.8) is 0 Å². The first-order valence-corrected chi connectivity index (χ1v) is 4.55. The number of benzene rings is 1. The lowest BCUT2D eigenvalue weighted by Crippen LogP contribution is -2.03. The molecule has 0 amide bonds. The van der Waals surface area contributed by atoms with Gasteiger partial charge < -0.3 is 9.47 Å². The Morgan fingerprint density at radius 3 is 3.25 bits per heavy atom. The van der Waals surface area contributed by atoms with Gasteiger partial charge in [-0.3, -0.25) is 0 Å². The average Bonchev–Trinajstić information content (AvgIpc) is 2.84. The first kappa shape index (κ1) is 8.08. The molecule has 1 radical (unpaired) electrons. The van der Waals surface area contributed by atoms with Crippen molar-refractivity contribution in [2.45, 2.75) is 6.10 Å². The number of epoxide rings is 1.